The monoisotopic (exact) mass is 137 g/mol. The van der Waals surface area contributed by atoms with Crippen LogP contribution in [-0.2, 0) is 17.4 Å². The molecule has 1 aliphatic rings. The molecule has 0 unspecified atom stereocenters. The fourth-order valence-electron chi connectivity index (χ4n) is 0.802. The molecule has 1 saturated heterocycles. The van der Waals surface area contributed by atoms with E-state index in [-0.39, 0.29) is 17.4 Å². The van der Waals surface area contributed by atoms with Crippen molar-refractivity contribution in [2.45, 2.75) is 19.3 Å². The van der Waals surface area contributed by atoms with Crippen molar-refractivity contribution in [3.8, 4) is 0 Å². The Morgan fingerprint density at radius 3 is 1.57 bits per heavy atom. The summed E-state index contributed by atoms with van der Waals surface area (Å²) in [6, 6.07) is 0. The molecule has 1 N–H and O–H groups in total. The van der Waals surface area contributed by atoms with E-state index in [1.165, 1.54) is 32.4 Å². The van der Waals surface area contributed by atoms with Crippen LogP contribution in [0, 0.1) is 0 Å². The van der Waals surface area contributed by atoms with E-state index in [1.54, 1.807) is 0 Å². The summed E-state index contributed by atoms with van der Waals surface area (Å²) >= 11 is 0. The van der Waals surface area contributed by atoms with E-state index in [0.717, 1.165) is 0 Å². The zero-order chi connectivity index (χ0) is 4.24. The van der Waals surface area contributed by atoms with Gasteiger partial charge in [0.15, 0.2) is 0 Å². The van der Waals surface area contributed by atoms with Crippen LogP contribution in [0.2, 0.25) is 0 Å². The van der Waals surface area contributed by atoms with Crippen LogP contribution in [0.4, 0.5) is 0 Å². The summed E-state index contributed by atoms with van der Waals surface area (Å²) in [6.45, 7) is 2.50. The first-order chi connectivity index (χ1) is 3.00. The van der Waals surface area contributed by atoms with Crippen molar-refractivity contribution in [2.75, 3.05) is 13.1 Å². The zero-order valence-corrected chi connectivity index (χ0v) is 5.72. The number of rotatable bonds is 0. The van der Waals surface area contributed by atoms with Gasteiger partial charge in [0, 0.05) is 17.4 Å². The van der Waals surface area contributed by atoms with Gasteiger partial charge in [-0.3, -0.25) is 0 Å². The largest absolute Gasteiger partial charge is 0.317 e. The Bertz CT molecular complexity index is 23.6. The van der Waals surface area contributed by atoms with Crippen molar-refractivity contribution >= 4 is 0 Å². The topological polar surface area (TPSA) is 12.0 Å². The second kappa shape index (κ2) is 4.65. The van der Waals surface area contributed by atoms with E-state index in [0.29, 0.717) is 0 Å². The van der Waals surface area contributed by atoms with Gasteiger partial charge in [-0.05, 0) is 25.9 Å². The Hall–Kier alpha value is 0.492. The summed E-state index contributed by atoms with van der Waals surface area (Å²) < 4.78 is 0. The number of nitrogens with one attached hydrogen (secondary N) is 1. The molecule has 2 heteroatoms. The van der Waals surface area contributed by atoms with Crippen LogP contribution in [0.1, 0.15) is 19.3 Å². The summed E-state index contributed by atoms with van der Waals surface area (Å²) in [6.07, 6.45) is 4.22. The maximum absolute atomic E-state index is 3.28. The number of hydrogen-bond donors (Lipinski definition) is 1. The van der Waals surface area contributed by atoms with Crippen molar-refractivity contribution in [2.24, 2.45) is 0 Å². The third-order valence-corrected chi connectivity index (χ3v) is 1.21. The summed E-state index contributed by atoms with van der Waals surface area (Å²) in [5.74, 6) is 0. The molecule has 0 spiro atoms. The van der Waals surface area contributed by atoms with Crippen molar-refractivity contribution in [3.63, 3.8) is 0 Å². The van der Waals surface area contributed by atoms with Crippen molar-refractivity contribution in [1.29, 1.82) is 0 Å². The molecule has 0 bridgehead atoms. The molecular weight excluding hydrogens is 126 g/mol. The molecule has 0 amide bonds. The smallest absolute Gasteiger partial charge is 0 e. The van der Waals surface area contributed by atoms with Crippen LogP contribution < -0.4 is 5.32 Å². The van der Waals surface area contributed by atoms with Gasteiger partial charge in [-0.15, -0.1) is 0 Å². The molecule has 0 radical (unpaired) electrons. The SMILES string of the molecule is C1CCNCC1.[Cr]. The van der Waals surface area contributed by atoms with E-state index in [9.17, 15) is 0 Å². The maximum atomic E-state index is 3.28. The van der Waals surface area contributed by atoms with Gasteiger partial charge in [0.2, 0.25) is 0 Å². The molecule has 1 nitrogen and oxygen atoms in total. The summed E-state index contributed by atoms with van der Waals surface area (Å²) in [5, 5.41) is 3.28. The molecule has 0 atom stereocenters. The summed E-state index contributed by atoms with van der Waals surface area (Å²) in [4.78, 5) is 0. The van der Waals surface area contributed by atoms with Crippen molar-refractivity contribution in [1.82, 2.24) is 5.32 Å². The van der Waals surface area contributed by atoms with Crippen LogP contribution in [0.3, 0.4) is 0 Å². The Morgan fingerprint density at radius 2 is 1.43 bits per heavy atom. The second-order valence-electron chi connectivity index (χ2n) is 1.81. The minimum Gasteiger partial charge on any atom is -0.317 e. The number of piperidine rings is 1. The molecule has 1 aliphatic heterocycles. The van der Waals surface area contributed by atoms with E-state index in [2.05, 4.69) is 5.32 Å². The first-order valence-corrected chi connectivity index (χ1v) is 2.71. The average molecular weight is 137 g/mol. The predicted octanol–water partition coefficient (Wildman–Crippen LogP) is 0.757. The second-order valence-corrected chi connectivity index (χ2v) is 1.81. The first kappa shape index (κ1) is 7.49. The van der Waals surface area contributed by atoms with Gasteiger partial charge < -0.3 is 5.32 Å². The Balaban J connectivity index is 0.000000360. The third-order valence-electron chi connectivity index (χ3n) is 1.21. The van der Waals surface area contributed by atoms with Gasteiger partial charge in [0.1, 0.15) is 0 Å². The molecule has 0 saturated carbocycles. The first-order valence-electron chi connectivity index (χ1n) is 2.71. The molecule has 0 aromatic heterocycles. The van der Waals surface area contributed by atoms with Crippen LogP contribution >= 0.6 is 0 Å². The normalized spacial score (nSPS) is 20.6. The quantitative estimate of drug-likeness (QED) is 0.519. The van der Waals surface area contributed by atoms with E-state index >= 15 is 0 Å². The van der Waals surface area contributed by atoms with Gasteiger partial charge in [0.25, 0.3) is 0 Å². The van der Waals surface area contributed by atoms with E-state index in [4.69, 9.17) is 0 Å². The van der Waals surface area contributed by atoms with Crippen LogP contribution in [-0.4, -0.2) is 13.1 Å². The average Bonchev–Trinajstić information content (AvgIpc) is 1.72. The van der Waals surface area contributed by atoms with Gasteiger partial charge in [-0.1, -0.05) is 6.42 Å². The molecule has 0 aromatic carbocycles. The maximum Gasteiger partial charge on any atom is 0 e. The van der Waals surface area contributed by atoms with Crippen LogP contribution in [0.25, 0.3) is 0 Å². The summed E-state index contributed by atoms with van der Waals surface area (Å²) in [5.41, 5.74) is 0. The molecule has 0 aliphatic carbocycles. The molecule has 7 heavy (non-hydrogen) atoms. The van der Waals surface area contributed by atoms with E-state index in [1.807, 2.05) is 0 Å². The van der Waals surface area contributed by atoms with Crippen molar-refractivity contribution in [3.05, 3.63) is 0 Å². The van der Waals surface area contributed by atoms with Crippen LogP contribution in [0.15, 0.2) is 0 Å². The predicted molar refractivity (Wildman–Crippen MR) is 26.7 cm³/mol. The molecule has 1 rings (SSSR count). The third kappa shape index (κ3) is 3.11. The van der Waals surface area contributed by atoms with E-state index < -0.39 is 0 Å². The Labute approximate surface area is 55.6 Å². The molecule has 42 valence electrons. The molecular formula is C5H11CrN. The summed E-state index contributed by atoms with van der Waals surface area (Å²) in [7, 11) is 0. The fraction of sp³-hybridized carbons (Fsp3) is 1.00. The minimum atomic E-state index is 0. The Kier molecular flexibility index (Phi) is 4.97. The van der Waals surface area contributed by atoms with Crippen LogP contribution in [0.5, 0.6) is 0 Å². The standard InChI is InChI=1S/C5H11N.Cr/c1-2-4-6-5-3-1;/h6H,1-5H2;. The van der Waals surface area contributed by atoms with Gasteiger partial charge in [-0.2, -0.15) is 0 Å². The molecule has 1 fully saturated rings. The van der Waals surface area contributed by atoms with Gasteiger partial charge >= 0.3 is 0 Å². The Morgan fingerprint density at radius 1 is 0.857 bits per heavy atom. The zero-order valence-electron chi connectivity index (χ0n) is 4.44. The molecule has 0 aromatic rings. The fourth-order valence-corrected chi connectivity index (χ4v) is 0.802. The van der Waals surface area contributed by atoms with Gasteiger partial charge in [-0.25, -0.2) is 0 Å². The minimum absolute atomic E-state index is 0. The molecule has 1 heterocycles. The number of hydrogen-bond acceptors (Lipinski definition) is 1. The van der Waals surface area contributed by atoms with Crippen molar-refractivity contribution < 1.29 is 17.4 Å². The van der Waals surface area contributed by atoms with Gasteiger partial charge in [0.05, 0.1) is 0 Å².